The van der Waals surface area contributed by atoms with Gasteiger partial charge in [-0.2, -0.15) is 0 Å². The van der Waals surface area contributed by atoms with Gasteiger partial charge in [0, 0.05) is 28.7 Å². The molecule has 0 saturated carbocycles. The number of halogens is 2. The van der Waals surface area contributed by atoms with E-state index >= 15 is 0 Å². The molecule has 1 saturated heterocycles. The number of rotatable bonds is 4. The van der Waals surface area contributed by atoms with Crippen molar-refractivity contribution in [2.45, 2.75) is 33.2 Å². The second-order valence-electron chi connectivity index (χ2n) is 7.06. The average Bonchev–Trinajstić information content (AvgIpc) is 2.62. The summed E-state index contributed by atoms with van der Waals surface area (Å²) in [6.45, 7) is 6.01. The summed E-state index contributed by atoms with van der Waals surface area (Å²) in [5.41, 5.74) is 3.61. The number of anilines is 1. The molecule has 0 spiro atoms. The summed E-state index contributed by atoms with van der Waals surface area (Å²) in [6.07, 6.45) is 1.53. The van der Waals surface area contributed by atoms with Crippen LogP contribution < -0.4 is 5.32 Å². The number of carbonyl (C=O) groups is 1. The molecular formula is C21H24ClFN2O. The number of aryl methyl sites for hydroxylation is 2. The minimum atomic E-state index is -0.271. The zero-order valence-corrected chi connectivity index (χ0v) is 15.9. The van der Waals surface area contributed by atoms with E-state index in [0.717, 1.165) is 42.7 Å². The molecule has 5 heteroatoms. The second-order valence-corrected chi connectivity index (χ2v) is 7.47. The van der Waals surface area contributed by atoms with E-state index in [1.165, 1.54) is 6.07 Å². The molecule has 26 heavy (non-hydrogen) atoms. The van der Waals surface area contributed by atoms with E-state index in [4.69, 9.17) is 11.6 Å². The maximum atomic E-state index is 13.9. The summed E-state index contributed by atoms with van der Waals surface area (Å²) in [5, 5.41) is 3.52. The molecule has 3 nitrogen and oxygen atoms in total. The fourth-order valence-electron chi connectivity index (χ4n) is 3.37. The van der Waals surface area contributed by atoms with Gasteiger partial charge in [-0.05, 0) is 69.1 Å². The summed E-state index contributed by atoms with van der Waals surface area (Å²) in [7, 11) is 0. The van der Waals surface area contributed by atoms with Crippen LogP contribution in [0.15, 0.2) is 36.4 Å². The summed E-state index contributed by atoms with van der Waals surface area (Å²) in [6, 6.07) is 10.8. The molecule has 2 aromatic carbocycles. The van der Waals surface area contributed by atoms with Crippen LogP contribution in [0.25, 0.3) is 0 Å². The van der Waals surface area contributed by atoms with Gasteiger partial charge in [-0.1, -0.05) is 29.8 Å². The van der Waals surface area contributed by atoms with Gasteiger partial charge in [0.2, 0.25) is 5.91 Å². The van der Waals surface area contributed by atoms with Crippen LogP contribution in [0.5, 0.6) is 0 Å². The molecule has 2 aromatic rings. The first-order chi connectivity index (χ1) is 12.4. The lowest BCUT2D eigenvalue weighted by Crippen LogP contribution is -2.38. The van der Waals surface area contributed by atoms with Crippen molar-refractivity contribution in [1.29, 1.82) is 0 Å². The number of amides is 1. The summed E-state index contributed by atoms with van der Waals surface area (Å²) in [5.74, 6) is -0.211. The maximum Gasteiger partial charge on any atom is 0.227 e. The highest BCUT2D eigenvalue weighted by atomic mass is 35.5. The van der Waals surface area contributed by atoms with Crippen molar-refractivity contribution in [2.75, 3.05) is 18.4 Å². The Morgan fingerprint density at radius 2 is 1.96 bits per heavy atom. The van der Waals surface area contributed by atoms with Crippen molar-refractivity contribution in [1.82, 2.24) is 4.90 Å². The standard InChI is InChI=1S/C21H24ClFN2O/c1-14-6-7-15(2)20(12-14)24-21(26)16-8-10-25(11-9-16)13-17-18(22)4-3-5-19(17)23/h3-7,12,16H,8-11,13H2,1-2H3,(H,24,26). The van der Waals surface area contributed by atoms with Crippen molar-refractivity contribution in [2.24, 2.45) is 5.92 Å². The highest BCUT2D eigenvalue weighted by Gasteiger charge is 2.26. The van der Waals surface area contributed by atoms with Gasteiger partial charge < -0.3 is 5.32 Å². The molecule has 0 unspecified atom stereocenters. The molecule has 1 N–H and O–H groups in total. The van der Waals surface area contributed by atoms with Crippen LogP contribution in [-0.4, -0.2) is 23.9 Å². The van der Waals surface area contributed by atoms with Gasteiger partial charge in [-0.15, -0.1) is 0 Å². The van der Waals surface area contributed by atoms with E-state index in [1.54, 1.807) is 12.1 Å². The molecule has 1 aliphatic heterocycles. The number of hydrogen-bond acceptors (Lipinski definition) is 2. The normalized spacial score (nSPS) is 15.8. The van der Waals surface area contributed by atoms with Crippen LogP contribution in [0.2, 0.25) is 5.02 Å². The van der Waals surface area contributed by atoms with Gasteiger partial charge >= 0.3 is 0 Å². The lowest BCUT2D eigenvalue weighted by atomic mass is 9.95. The van der Waals surface area contributed by atoms with E-state index in [-0.39, 0.29) is 17.6 Å². The first-order valence-corrected chi connectivity index (χ1v) is 9.35. The maximum absolute atomic E-state index is 13.9. The Labute approximate surface area is 159 Å². The molecule has 0 aromatic heterocycles. The topological polar surface area (TPSA) is 32.3 Å². The third kappa shape index (κ3) is 4.43. The number of nitrogens with one attached hydrogen (secondary N) is 1. The number of likely N-dealkylation sites (tertiary alicyclic amines) is 1. The summed E-state index contributed by atoms with van der Waals surface area (Å²) >= 11 is 6.11. The van der Waals surface area contributed by atoms with Gasteiger partial charge in [-0.25, -0.2) is 4.39 Å². The van der Waals surface area contributed by atoms with E-state index < -0.39 is 0 Å². The van der Waals surface area contributed by atoms with Gasteiger partial charge in [0.25, 0.3) is 0 Å². The molecule has 1 aliphatic rings. The lowest BCUT2D eigenvalue weighted by Gasteiger charge is -2.31. The number of benzene rings is 2. The lowest BCUT2D eigenvalue weighted by molar-refractivity contribution is -0.121. The molecule has 138 valence electrons. The van der Waals surface area contributed by atoms with Crippen LogP contribution in [0.3, 0.4) is 0 Å². The van der Waals surface area contributed by atoms with Crippen molar-refractivity contribution < 1.29 is 9.18 Å². The molecule has 1 fully saturated rings. The number of nitrogens with zero attached hydrogens (tertiary/aromatic N) is 1. The van der Waals surface area contributed by atoms with Crippen molar-refractivity contribution >= 4 is 23.2 Å². The van der Waals surface area contributed by atoms with E-state index in [9.17, 15) is 9.18 Å². The minimum absolute atomic E-state index is 0.0118. The van der Waals surface area contributed by atoms with Gasteiger partial charge in [-0.3, -0.25) is 9.69 Å². The van der Waals surface area contributed by atoms with Crippen molar-refractivity contribution in [3.8, 4) is 0 Å². The zero-order chi connectivity index (χ0) is 18.7. The first-order valence-electron chi connectivity index (χ1n) is 8.97. The fourth-order valence-corrected chi connectivity index (χ4v) is 3.59. The Morgan fingerprint density at radius 1 is 1.23 bits per heavy atom. The Balaban J connectivity index is 1.56. The van der Waals surface area contributed by atoms with Crippen LogP contribution in [-0.2, 0) is 11.3 Å². The van der Waals surface area contributed by atoms with Gasteiger partial charge in [0.05, 0.1) is 0 Å². The van der Waals surface area contributed by atoms with Crippen molar-refractivity contribution in [3.05, 3.63) is 63.9 Å². The van der Waals surface area contributed by atoms with E-state index in [1.807, 2.05) is 32.0 Å². The molecular weight excluding hydrogens is 351 g/mol. The van der Waals surface area contributed by atoms with Crippen LogP contribution in [0.4, 0.5) is 10.1 Å². The molecule has 1 amide bonds. The molecule has 1 heterocycles. The first kappa shape index (κ1) is 18.9. The van der Waals surface area contributed by atoms with Gasteiger partial charge in [0.15, 0.2) is 0 Å². The number of hydrogen-bond donors (Lipinski definition) is 1. The van der Waals surface area contributed by atoms with Crippen LogP contribution >= 0.6 is 11.6 Å². The fraction of sp³-hybridized carbons (Fsp3) is 0.381. The van der Waals surface area contributed by atoms with E-state index in [0.29, 0.717) is 17.1 Å². The number of carbonyl (C=O) groups excluding carboxylic acids is 1. The molecule has 0 radical (unpaired) electrons. The highest BCUT2D eigenvalue weighted by Crippen LogP contribution is 2.25. The third-order valence-corrected chi connectivity index (χ3v) is 5.41. The number of piperidine rings is 1. The van der Waals surface area contributed by atoms with Crippen LogP contribution in [0, 0.1) is 25.6 Å². The Hall–Kier alpha value is -1.91. The van der Waals surface area contributed by atoms with Crippen molar-refractivity contribution in [3.63, 3.8) is 0 Å². The van der Waals surface area contributed by atoms with Gasteiger partial charge in [0.1, 0.15) is 5.82 Å². The molecule has 0 aliphatic carbocycles. The Kier molecular flexibility index (Phi) is 5.94. The third-order valence-electron chi connectivity index (χ3n) is 5.05. The Bertz CT molecular complexity index is 780. The smallest absolute Gasteiger partial charge is 0.227 e. The molecule has 0 atom stereocenters. The molecule has 0 bridgehead atoms. The van der Waals surface area contributed by atoms with Crippen LogP contribution in [0.1, 0.15) is 29.5 Å². The predicted octanol–water partition coefficient (Wildman–Crippen LogP) is 4.95. The second kappa shape index (κ2) is 8.19. The minimum Gasteiger partial charge on any atom is -0.326 e. The Morgan fingerprint density at radius 3 is 2.65 bits per heavy atom. The summed E-state index contributed by atoms with van der Waals surface area (Å²) in [4.78, 5) is 14.8. The highest BCUT2D eigenvalue weighted by molar-refractivity contribution is 6.31. The monoisotopic (exact) mass is 374 g/mol. The zero-order valence-electron chi connectivity index (χ0n) is 15.2. The largest absolute Gasteiger partial charge is 0.326 e. The van der Waals surface area contributed by atoms with E-state index in [2.05, 4.69) is 10.2 Å². The molecule has 3 rings (SSSR count). The average molecular weight is 375 g/mol. The summed E-state index contributed by atoms with van der Waals surface area (Å²) < 4.78 is 13.9. The quantitative estimate of drug-likeness (QED) is 0.821. The SMILES string of the molecule is Cc1ccc(C)c(NC(=O)C2CCN(Cc3c(F)cccc3Cl)CC2)c1. The predicted molar refractivity (Wildman–Crippen MR) is 104 cm³/mol.